The fraction of sp³-hybridized carbons (Fsp3) is 0.500. The molecule has 2 saturated heterocycles. The van der Waals surface area contributed by atoms with Gasteiger partial charge in [0.25, 0.3) is 5.91 Å². The minimum atomic E-state index is -0.587. The topological polar surface area (TPSA) is 133 Å². The Labute approximate surface area is 302 Å². The van der Waals surface area contributed by atoms with Crippen molar-refractivity contribution in [3.63, 3.8) is 0 Å². The molecule has 0 radical (unpaired) electrons. The van der Waals surface area contributed by atoms with E-state index in [0.717, 1.165) is 39.7 Å². The van der Waals surface area contributed by atoms with Crippen molar-refractivity contribution in [2.24, 2.45) is 0 Å². The number of thiazole rings is 1. The van der Waals surface area contributed by atoms with E-state index in [4.69, 9.17) is 9.72 Å². The SMILES string of the molecule is COc1cccc(CN[C@H]2C[C@H]3C(=O)N4CCC(CC4)c4nc(c(C)s4)CC(=O)N[C@@H](CCCCNC(=O)c4ccc(F)cc4)CC(=O)N3C2)c1. The molecule has 0 unspecified atom stereocenters. The average Bonchev–Trinajstić information content (AvgIpc) is 3.73. The van der Waals surface area contributed by atoms with E-state index in [1.807, 2.05) is 36.1 Å². The highest BCUT2D eigenvalue weighted by atomic mass is 32.1. The fourth-order valence-electron chi connectivity index (χ4n) is 7.29. The maximum absolute atomic E-state index is 14.1. The Bertz CT molecular complexity index is 1710. The highest BCUT2D eigenvalue weighted by molar-refractivity contribution is 7.11. The van der Waals surface area contributed by atoms with Crippen LogP contribution in [0.4, 0.5) is 4.39 Å². The van der Waals surface area contributed by atoms with Crippen molar-refractivity contribution in [3.05, 3.63) is 81.1 Å². The minimum absolute atomic E-state index is 0.0203. The Morgan fingerprint density at radius 2 is 1.88 bits per heavy atom. The number of halogens is 1. The van der Waals surface area contributed by atoms with Gasteiger partial charge in [-0.1, -0.05) is 12.1 Å². The van der Waals surface area contributed by atoms with Crippen molar-refractivity contribution < 1.29 is 28.3 Å². The molecule has 3 aromatic rings. The second kappa shape index (κ2) is 16.8. The van der Waals surface area contributed by atoms with E-state index in [9.17, 15) is 23.6 Å². The first-order chi connectivity index (χ1) is 24.7. The van der Waals surface area contributed by atoms with Crippen LogP contribution < -0.4 is 20.7 Å². The fourth-order valence-corrected chi connectivity index (χ4v) is 8.40. The van der Waals surface area contributed by atoms with Gasteiger partial charge in [-0.25, -0.2) is 9.37 Å². The summed E-state index contributed by atoms with van der Waals surface area (Å²) in [7, 11) is 1.63. The van der Waals surface area contributed by atoms with Crippen LogP contribution in [0.15, 0.2) is 48.5 Å². The first-order valence-corrected chi connectivity index (χ1v) is 18.7. The zero-order valence-electron chi connectivity index (χ0n) is 29.3. The normalized spacial score (nSPS) is 22.5. The lowest BCUT2D eigenvalue weighted by atomic mass is 9.96. The number of carbonyl (C=O) groups excluding carboxylic acids is 4. The predicted octanol–water partition coefficient (Wildman–Crippen LogP) is 4.10. The molecule has 51 heavy (non-hydrogen) atoms. The van der Waals surface area contributed by atoms with Gasteiger partial charge in [0, 0.05) is 67.6 Å². The van der Waals surface area contributed by atoms with Crippen molar-refractivity contribution >= 4 is 35.0 Å². The smallest absolute Gasteiger partial charge is 0.251 e. The van der Waals surface area contributed by atoms with Crippen molar-refractivity contribution in [3.8, 4) is 5.75 Å². The number of aryl methyl sites for hydroxylation is 1. The molecule has 11 nitrogen and oxygen atoms in total. The van der Waals surface area contributed by atoms with Gasteiger partial charge in [-0.05, 0) is 87.4 Å². The van der Waals surface area contributed by atoms with Crippen molar-refractivity contribution in [2.75, 3.05) is 33.3 Å². The number of unbranched alkanes of at least 4 members (excludes halogenated alkanes) is 1. The predicted molar refractivity (Wildman–Crippen MR) is 192 cm³/mol. The second-order valence-corrected chi connectivity index (χ2v) is 15.0. The Morgan fingerprint density at radius 1 is 1.10 bits per heavy atom. The molecule has 0 saturated carbocycles. The molecule has 3 N–H and O–H groups in total. The summed E-state index contributed by atoms with van der Waals surface area (Å²) in [4.78, 5) is 63.7. The molecule has 272 valence electrons. The lowest BCUT2D eigenvalue weighted by Crippen LogP contribution is -2.51. The van der Waals surface area contributed by atoms with E-state index in [0.29, 0.717) is 64.0 Å². The molecule has 4 aliphatic heterocycles. The highest BCUT2D eigenvalue weighted by Crippen LogP contribution is 2.34. The molecule has 4 aliphatic rings. The number of ether oxygens (including phenoxy) is 1. The average molecular weight is 719 g/mol. The molecule has 5 heterocycles. The zero-order chi connectivity index (χ0) is 35.9. The molecule has 2 fully saturated rings. The number of fused-ring (bicyclic) bond motifs is 7. The first kappa shape index (κ1) is 36.4. The lowest BCUT2D eigenvalue weighted by molar-refractivity contribution is -0.145. The monoisotopic (exact) mass is 718 g/mol. The van der Waals surface area contributed by atoms with Gasteiger partial charge in [0.15, 0.2) is 0 Å². The van der Waals surface area contributed by atoms with Gasteiger partial charge in [0.2, 0.25) is 17.7 Å². The molecule has 0 spiro atoms. The largest absolute Gasteiger partial charge is 0.497 e. The summed E-state index contributed by atoms with van der Waals surface area (Å²) in [5.41, 5.74) is 2.19. The number of carbonyl (C=O) groups is 4. The molecule has 13 heteroatoms. The quantitative estimate of drug-likeness (QED) is 0.269. The van der Waals surface area contributed by atoms with Gasteiger partial charge in [-0.15, -0.1) is 11.3 Å². The first-order valence-electron chi connectivity index (χ1n) is 17.9. The van der Waals surface area contributed by atoms with Crippen LogP contribution in [-0.4, -0.2) is 89.8 Å². The minimum Gasteiger partial charge on any atom is -0.497 e. The molecular formula is C38H47FN6O5S. The zero-order valence-corrected chi connectivity index (χ0v) is 30.1. The van der Waals surface area contributed by atoms with Gasteiger partial charge in [-0.3, -0.25) is 19.2 Å². The number of benzene rings is 2. The van der Waals surface area contributed by atoms with E-state index in [2.05, 4.69) is 16.0 Å². The summed E-state index contributed by atoms with van der Waals surface area (Å²) < 4.78 is 18.6. The number of piperidine rings is 1. The summed E-state index contributed by atoms with van der Waals surface area (Å²) in [5, 5.41) is 10.6. The molecule has 4 amide bonds. The maximum Gasteiger partial charge on any atom is 0.251 e. The van der Waals surface area contributed by atoms with E-state index in [-0.39, 0.29) is 48.4 Å². The molecule has 7 rings (SSSR count). The maximum atomic E-state index is 14.1. The van der Waals surface area contributed by atoms with Crippen molar-refractivity contribution in [2.45, 2.75) is 88.9 Å². The lowest BCUT2D eigenvalue weighted by Gasteiger charge is -2.35. The summed E-state index contributed by atoms with van der Waals surface area (Å²) in [5.74, 6) is -0.0629. The van der Waals surface area contributed by atoms with Crippen molar-refractivity contribution in [1.82, 2.24) is 30.7 Å². The summed E-state index contributed by atoms with van der Waals surface area (Å²) >= 11 is 1.63. The molecule has 0 aliphatic carbocycles. The molecule has 4 bridgehead atoms. The van der Waals surface area contributed by atoms with Crippen LogP contribution in [0.25, 0.3) is 0 Å². The van der Waals surface area contributed by atoms with Gasteiger partial charge in [0.05, 0.1) is 24.2 Å². The highest BCUT2D eigenvalue weighted by Gasteiger charge is 2.42. The number of aromatic nitrogens is 1. The molecule has 1 aromatic heterocycles. The van der Waals surface area contributed by atoms with Gasteiger partial charge in [-0.2, -0.15) is 0 Å². The number of hydrogen-bond donors (Lipinski definition) is 3. The Hall–Kier alpha value is -4.36. The summed E-state index contributed by atoms with van der Waals surface area (Å²) in [6.07, 6.45) is 4.09. The number of rotatable bonds is 10. The van der Waals surface area contributed by atoms with E-state index >= 15 is 0 Å². The Morgan fingerprint density at radius 3 is 2.65 bits per heavy atom. The van der Waals surface area contributed by atoms with Crippen LogP contribution in [0.2, 0.25) is 0 Å². The number of methoxy groups -OCH3 is 1. The third-order valence-corrected chi connectivity index (χ3v) is 11.4. The standard InChI is InChI=1S/C38H47FN6O5S/c1-24-32-21-34(46)42-29(7-3-4-15-40-36(48)26-9-11-28(39)12-10-26)20-35(47)45-23-30(41-22-25-6-5-8-31(18-25)50-2)19-33(45)38(49)44-16-13-27(14-17-44)37(43-32)51-24/h5-6,8-12,18,27,29-30,33,41H,3-4,7,13-17,19-23H2,1-2H3,(H,40,48)(H,42,46)/t29-,30-,33-/m0/s1. The van der Waals surface area contributed by atoms with Crippen LogP contribution in [0.3, 0.4) is 0 Å². The summed E-state index contributed by atoms with van der Waals surface area (Å²) in [6.45, 7) is 4.57. The van der Waals surface area contributed by atoms with Crippen LogP contribution in [0.1, 0.15) is 82.4 Å². The third-order valence-electron chi connectivity index (χ3n) is 10.2. The number of nitrogens with zero attached hydrogens (tertiary/aromatic N) is 3. The van der Waals surface area contributed by atoms with Crippen molar-refractivity contribution in [1.29, 1.82) is 0 Å². The third kappa shape index (κ3) is 9.31. The molecular weight excluding hydrogens is 672 g/mol. The van der Waals surface area contributed by atoms with Gasteiger partial charge in [0.1, 0.15) is 17.6 Å². The number of nitrogens with one attached hydrogen (secondary N) is 3. The van der Waals surface area contributed by atoms with Gasteiger partial charge < -0.3 is 30.5 Å². The van der Waals surface area contributed by atoms with Gasteiger partial charge >= 0.3 is 0 Å². The van der Waals surface area contributed by atoms with Crippen LogP contribution >= 0.6 is 11.3 Å². The van der Waals surface area contributed by atoms with E-state index in [1.165, 1.54) is 24.3 Å². The van der Waals surface area contributed by atoms with Crippen LogP contribution in [-0.2, 0) is 27.3 Å². The molecule has 3 atom stereocenters. The summed E-state index contributed by atoms with van der Waals surface area (Å²) in [6, 6.07) is 12.1. The Kier molecular flexibility index (Phi) is 12.0. The number of hydrogen-bond acceptors (Lipinski definition) is 8. The van der Waals surface area contributed by atoms with Crippen LogP contribution in [0, 0.1) is 12.7 Å². The van der Waals surface area contributed by atoms with Crippen LogP contribution in [0.5, 0.6) is 5.75 Å². The Balaban J connectivity index is 1.15. The van der Waals surface area contributed by atoms with E-state index < -0.39 is 17.9 Å². The number of amides is 4. The second-order valence-electron chi connectivity index (χ2n) is 13.8. The van der Waals surface area contributed by atoms with E-state index in [1.54, 1.807) is 23.3 Å². The molecule has 2 aromatic carbocycles.